The van der Waals surface area contributed by atoms with Crippen LogP contribution in [0.1, 0.15) is 0 Å². The summed E-state index contributed by atoms with van der Waals surface area (Å²) in [5.41, 5.74) is 0. The monoisotopic (exact) mass is 166 g/mol. The predicted molar refractivity (Wildman–Crippen MR) is 20.8 cm³/mol. The Morgan fingerprint density at radius 2 is 1.50 bits per heavy atom. The van der Waals surface area contributed by atoms with E-state index < -0.39 is 0 Å². The molecule has 0 aromatic carbocycles. The number of nitrogens with zero attached hydrogens (tertiary/aromatic N) is 1. The molecular formula is C2H7NSb. The van der Waals surface area contributed by atoms with E-state index in [1.54, 1.807) is 0 Å². The Kier molecular flexibility index (Phi) is 2.44. The van der Waals surface area contributed by atoms with Crippen molar-refractivity contribution < 1.29 is 0 Å². The first kappa shape index (κ1) is 4.78. The summed E-state index contributed by atoms with van der Waals surface area (Å²) in [6.45, 7) is 0. The maximum absolute atomic E-state index is 2.09. The van der Waals surface area contributed by atoms with Crippen molar-refractivity contribution in [1.29, 1.82) is 0 Å². The summed E-state index contributed by atoms with van der Waals surface area (Å²) in [5.74, 6) is 0. The summed E-state index contributed by atoms with van der Waals surface area (Å²) < 4.78 is 2.09. The van der Waals surface area contributed by atoms with Crippen LogP contribution in [0.4, 0.5) is 0 Å². The standard InChI is InChI=1S/C2H6N.Sb.H/c1-3-2;;/h1-2H3;;/q-1;+1;. The first-order valence-electron chi connectivity index (χ1n) is 1.12. The van der Waals surface area contributed by atoms with Gasteiger partial charge in [-0.2, -0.15) is 0 Å². The van der Waals surface area contributed by atoms with Gasteiger partial charge in [-0.15, -0.1) is 0 Å². The molecule has 1 radical (unpaired) electrons. The van der Waals surface area contributed by atoms with E-state index in [-0.39, 0.29) is 0 Å². The topological polar surface area (TPSA) is 3.24 Å². The molecule has 0 rings (SSSR count). The molecule has 0 unspecified atom stereocenters. The van der Waals surface area contributed by atoms with E-state index in [1.807, 2.05) is 14.1 Å². The van der Waals surface area contributed by atoms with Crippen molar-refractivity contribution in [2.75, 3.05) is 14.1 Å². The molecule has 2 heteroatoms. The van der Waals surface area contributed by atoms with Crippen LogP contribution in [0.25, 0.3) is 0 Å². The van der Waals surface area contributed by atoms with Crippen molar-refractivity contribution in [1.82, 2.24) is 3.06 Å². The number of rotatable bonds is 0. The van der Waals surface area contributed by atoms with Crippen LogP contribution in [-0.4, -0.2) is 40.5 Å². The molecule has 1 nitrogen and oxygen atoms in total. The van der Waals surface area contributed by atoms with Crippen molar-refractivity contribution in [2.24, 2.45) is 0 Å². The van der Waals surface area contributed by atoms with Crippen molar-refractivity contribution in [2.45, 2.75) is 0 Å². The maximum atomic E-state index is 2.09. The zero-order valence-electron chi connectivity index (χ0n) is 2.95. The van der Waals surface area contributed by atoms with Crippen molar-refractivity contribution >= 4 is 23.3 Å². The Labute approximate surface area is 40.8 Å². The van der Waals surface area contributed by atoms with Gasteiger partial charge in [0, 0.05) is 0 Å². The molecule has 0 N–H and O–H groups in total. The minimum atomic E-state index is 1.47. The summed E-state index contributed by atoms with van der Waals surface area (Å²) in [6, 6.07) is 0. The van der Waals surface area contributed by atoms with E-state index in [1.165, 1.54) is 23.3 Å². The average Bonchev–Trinajstić information content (AvgIpc) is 0.811. The molecule has 0 saturated carbocycles. The molecule has 0 aliphatic rings. The Bertz CT molecular complexity index is 10.8. The zero-order chi connectivity index (χ0) is 3.58. The molecule has 0 bridgehead atoms. The molecular weight excluding hydrogens is 160 g/mol. The van der Waals surface area contributed by atoms with Gasteiger partial charge in [0.05, 0.1) is 0 Å². The summed E-state index contributed by atoms with van der Waals surface area (Å²) in [4.78, 5) is 0. The quantitative estimate of drug-likeness (QED) is 0.434. The average molecular weight is 167 g/mol. The molecule has 4 heavy (non-hydrogen) atoms. The second-order valence-electron chi connectivity index (χ2n) is 0.894. The first-order chi connectivity index (χ1) is 1.73. The van der Waals surface area contributed by atoms with Gasteiger partial charge in [0.2, 0.25) is 0 Å². The van der Waals surface area contributed by atoms with Gasteiger partial charge in [-0.1, -0.05) is 0 Å². The van der Waals surface area contributed by atoms with Gasteiger partial charge in [-0.05, 0) is 0 Å². The Morgan fingerprint density at radius 3 is 1.50 bits per heavy atom. The molecule has 0 atom stereocenters. The fraction of sp³-hybridized carbons (Fsp3) is 1.00. The van der Waals surface area contributed by atoms with Gasteiger partial charge in [0.1, 0.15) is 0 Å². The second kappa shape index (κ2) is 2.04. The molecule has 0 aliphatic carbocycles. The van der Waals surface area contributed by atoms with E-state index in [9.17, 15) is 0 Å². The van der Waals surface area contributed by atoms with Crippen LogP contribution in [0.3, 0.4) is 0 Å². The van der Waals surface area contributed by atoms with Gasteiger partial charge >= 0.3 is 40.5 Å². The molecule has 0 aliphatic heterocycles. The predicted octanol–water partition coefficient (Wildman–Crippen LogP) is -0.636. The van der Waals surface area contributed by atoms with Gasteiger partial charge < -0.3 is 0 Å². The van der Waals surface area contributed by atoms with Gasteiger partial charge in [0.15, 0.2) is 0 Å². The SMILES string of the molecule is C[N](C)[SbH]. The molecule has 0 aromatic rings. The van der Waals surface area contributed by atoms with Gasteiger partial charge in [-0.25, -0.2) is 0 Å². The van der Waals surface area contributed by atoms with Crippen LogP contribution in [-0.2, 0) is 0 Å². The van der Waals surface area contributed by atoms with Crippen molar-refractivity contribution in [3.05, 3.63) is 0 Å². The Balaban J connectivity index is 2.32. The van der Waals surface area contributed by atoms with Crippen LogP contribution in [0.5, 0.6) is 0 Å². The third kappa shape index (κ3) is 14.5. The fourth-order valence-corrected chi connectivity index (χ4v) is 0. The summed E-state index contributed by atoms with van der Waals surface area (Å²) in [5, 5.41) is 0. The minimum absolute atomic E-state index is 1.47. The summed E-state index contributed by atoms with van der Waals surface area (Å²) >= 11 is 1.47. The molecule has 0 saturated heterocycles. The molecule has 25 valence electrons. The van der Waals surface area contributed by atoms with Crippen LogP contribution in [0.2, 0.25) is 0 Å². The van der Waals surface area contributed by atoms with E-state index in [2.05, 4.69) is 3.06 Å². The van der Waals surface area contributed by atoms with Gasteiger partial charge in [0.25, 0.3) is 0 Å². The summed E-state index contributed by atoms with van der Waals surface area (Å²) in [7, 11) is 4.08. The van der Waals surface area contributed by atoms with E-state index in [0.29, 0.717) is 0 Å². The van der Waals surface area contributed by atoms with Crippen LogP contribution in [0.15, 0.2) is 0 Å². The van der Waals surface area contributed by atoms with E-state index in [4.69, 9.17) is 0 Å². The van der Waals surface area contributed by atoms with Crippen LogP contribution >= 0.6 is 0 Å². The Hall–Kier alpha value is 0.778. The third-order valence-electron chi connectivity index (χ3n) is 0. The van der Waals surface area contributed by atoms with Crippen molar-refractivity contribution in [3.8, 4) is 0 Å². The second-order valence-corrected chi connectivity index (χ2v) is 3.45. The molecule has 0 amide bonds. The Morgan fingerprint density at radius 1 is 1.50 bits per heavy atom. The van der Waals surface area contributed by atoms with Crippen LogP contribution in [0, 0.1) is 0 Å². The molecule has 0 aromatic heterocycles. The van der Waals surface area contributed by atoms with Crippen LogP contribution < -0.4 is 0 Å². The van der Waals surface area contributed by atoms with E-state index >= 15 is 0 Å². The molecule has 0 heterocycles. The zero-order valence-corrected chi connectivity index (χ0v) is 5.80. The van der Waals surface area contributed by atoms with Crippen molar-refractivity contribution in [3.63, 3.8) is 0 Å². The first-order valence-corrected chi connectivity index (χ1v) is 2.39. The third-order valence-corrected chi connectivity index (χ3v) is 0. The van der Waals surface area contributed by atoms with E-state index in [0.717, 1.165) is 0 Å². The normalized spacial score (nSPS) is 9.00. The van der Waals surface area contributed by atoms with Gasteiger partial charge in [-0.3, -0.25) is 0 Å². The molecule has 0 spiro atoms. The number of hydrogen-bond acceptors (Lipinski definition) is 1. The number of hydrogen-bond donors (Lipinski definition) is 0. The fourth-order valence-electron chi connectivity index (χ4n) is 0. The summed E-state index contributed by atoms with van der Waals surface area (Å²) in [6.07, 6.45) is 0. The molecule has 0 fully saturated rings.